The molecule has 0 aromatic carbocycles. The average Bonchev–Trinajstić information content (AvgIpc) is 1.53. The van der Waals surface area contributed by atoms with E-state index in [2.05, 4.69) is 120 Å². The largest absolute Gasteiger partial charge is 0.458 e. The lowest BCUT2D eigenvalue weighted by Crippen LogP contribution is -2.57. The Labute approximate surface area is 763 Å². The summed E-state index contributed by atoms with van der Waals surface area (Å²) >= 11 is 0. The van der Waals surface area contributed by atoms with Crippen LogP contribution in [0.5, 0.6) is 0 Å². The topological polar surface area (TPSA) is 282 Å². The van der Waals surface area contributed by atoms with Crippen molar-refractivity contribution < 1.29 is 86.7 Å². The lowest BCUT2D eigenvalue weighted by atomic mass is 9.49. The van der Waals surface area contributed by atoms with Crippen LogP contribution in [0.25, 0.3) is 0 Å². The van der Waals surface area contributed by atoms with Crippen LogP contribution in [0.2, 0.25) is 0 Å². The molecular formula is C110H152O18. The number of carbonyl (C=O) groups is 12. The third-order valence-corrected chi connectivity index (χ3v) is 38.5. The fraction of sp³-hybridized carbons (Fsp3) is 0.709. The average molecular weight is 1760 g/mol. The Morgan fingerprint density at radius 3 is 0.945 bits per heavy atom. The van der Waals surface area contributed by atoms with Crippen LogP contribution >= 0.6 is 0 Å². The van der Waals surface area contributed by atoms with Gasteiger partial charge in [-0.05, 0) is 273 Å². The van der Waals surface area contributed by atoms with Gasteiger partial charge in [-0.25, -0.2) is 0 Å². The Balaban J connectivity index is 0.000000146. The van der Waals surface area contributed by atoms with E-state index >= 15 is 0 Å². The van der Waals surface area contributed by atoms with Gasteiger partial charge in [0.15, 0.2) is 61.1 Å². The number of rotatable bonds is 24. The number of ether oxygens (including phenoxy) is 4. The summed E-state index contributed by atoms with van der Waals surface area (Å²) < 4.78 is 21.3. The Bertz CT molecular complexity index is 4480. The Hall–Kier alpha value is -7.44. The number of aliphatic hydroxyl groups is 2. The van der Waals surface area contributed by atoms with Gasteiger partial charge < -0.3 is 29.2 Å². The molecule has 16 aliphatic rings. The number of hydrogen-bond acceptors (Lipinski definition) is 18. The van der Waals surface area contributed by atoms with Gasteiger partial charge in [-0.2, -0.15) is 0 Å². The van der Waals surface area contributed by atoms with E-state index in [9.17, 15) is 67.7 Å². The molecule has 0 radical (unpaired) electrons. The van der Waals surface area contributed by atoms with Gasteiger partial charge in [0.25, 0.3) is 0 Å². The smallest absolute Gasteiger partial charge is 0.306 e. The van der Waals surface area contributed by atoms with Gasteiger partial charge in [-0.3, -0.25) is 57.5 Å². The first-order valence-electron chi connectivity index (χ1n) is 49.7. The number of allylic oxidation sites excluding steroid dienone is 20. The normalized spacial score (nSPS) is 40.3. The summed E-state index contributed by atoms with van der Waals surface area (Å²) in [6.45, 7) is 37.5. The molecule has 0 spiro atoms. The second-order valence-corrected chi connectivity index (χ2v) is 44.5. The number of hydrogen-bond donors (Lipinski definition) is 2. The van der Waals surface area contributed by atoms with Gasteiger partial charge in [0.2, 0.25) is 11.6 Å². The maximum absolute atomic E-state index is 13.5. The highest BCUT2D eigenvalue weighted by molar-refractivity contribution is 6.02. The fourth-order valence-electron chi connectivity index (χ4n) is 29.6. The van der Waals surface area contributed by atoms with Crippen molar-refractivity contribution in [3.05, 3.63) is 117 Å². The summed E-state index contributed by atoms with van der Waals surface area (Å²) in [6, 6.07) is 0. The minimum absolute atomic E-state index is 0.0685. The second-order valence-electron chi connectivity index (χ2n) is 44.5. The lowest BCUT2D eigenvalue weighted by molar-refractivity contribution is -0.168. The van der Waals surface area contributed by atoms with E-state index in [0.717, 1.165) is 154 Å². The molecule has 0 aromatic heterocycles. The summed E-state index contributed by atoms with van der Waals surface area (Å²) in [7, 11) is 0. The molecule has 0 heterocycles. The molecule has 2 N–H and O–H groups in total. The molecular weight excluding hydrogens is 1610 g/mol. The van der Waals surface area contributed by atoms with Gasteiger partial charge in [0, 0.05) is 81.8 Å². The van der Waals surface area contributed by atoms with Crippen LogP contribution in [-0.2, 0) is 76.5 Å². The molecule has 128 heavy (non-hydrogen) atoms. The van der Waals surface area contributed by atoms with Crippen molar-refractivity contribution in [2.45, 2.75) is 341 Å². The van der Waals surface area contributed by atoms with Crippen molar-refractivity contribution in [3.8, 4) is 0 Å². The summed E-state index contributed by atoms with van der Waals surface area (Å²) in [6.07, 6.45) is 49.7. The van der Waals surface area contributed by atoms with E-state index in [-0.39, 0.29) is 165 Å². The van der Waals surface area contributed by atoms with Crippen LogP contribution in [0, 0.1) is 125 Å². The first-order valence-corrected chi connectivity index (χ1v) is 49.7. The second kappa shape index (κ2) is 37.2. The van der Waals surface area contributed by atoms with E-state index in [1.165, 1.54) is 44.6 Å². The molecule has 24 atom stereocenters. The van der Waals surface area contributed by atoms with Crippen molar-refractivity contribution in [2.24, 2.45) is 125 Å². The molecule has 0 aromatic rings. The van der Waals surface area contributed by atoms with Crippen molar-refractivity contribution in [3.63, 3.8) is 0 Å². The van der Waals surface area contributed by atoms with Crippen LogP contribution in [0.4, 0.5) is 0 Å². The zero-order valence-corrected chi connectivity index (χ0v) is 80.7. The van der Waals surface area contributed by atoms with E-state index < -0.39 is 32.9 Å². The monoisotopic (exact) mass is 1760 g/mol. The van der Waals surface area contributed by atoms with E-state index in [1.54, 1.807) is 12.2 Å². The number of ketones is 8. The molecule has 700 valence electrons. The Kier molecular flexibility index (Phi) is 28.5. The van der Waals surface area contributed by atoms with Gasteiger partial charge in [0.1, 0.15) is 11.2 Å². The van der Waals surface area contributed by atoms with E-state index in [0.29, 0.717) is 86.9 Å². The quantitative estimate of drug-likeness (QED) is 0.0516. The van der Waals surface area contributed by atoms with Crippen molar-refractivity contribution in [1.82, 2.24) is 0 Å². The first kappa shape index (κ1) is 98.1. The predicted octanol–water partition coefficient (Wildman–Crippen LogP) is 21.0. The van der Waals surface area contributed by atoms with Crippen LogP contribution in [0.1, 0.15) is 330 Å². The third kappa shape index (κ3) is 16.4. The molecule has 16 aliphatic carbocycles. The Morgan fingerprint density at radius 2 is 0.625 bits per heavy atom. The van der Waals surface area contributed by atoms with E-state index in [1.807, 2.05) is 65.8 Å². The molecule has 0 amide bonds. The van der Waals surface area contributed by atoms with Gasteiger partial charge in [0.05, 0.1) is 0 Å². The van der Waals surface area contributed by atoms with Gasteiger partial charge in [-0.15, -0.1) is 0 Å². The highest BCUT2D eigenvalue weighted by atomic mass is 16.5. The summed E-state index contributed by atoms with van der Waals surface area (Å²) in [5.41, 5.74) is 4.76. The van der Waals surface area contributed by atoms with Crippen LogP contribution in [-0.4, -0.2) is 118 Å². The van der Waals surface area contributed by atoms with E-state index in [4.69, 9.17) is 18.9 Å². The van der Waals surface area contributed by atoms with Crippen molar-refractivity contribution >= 4 is 70.1 Å². The Morgan fingerprint density at radius 1 is 0.352 bits per heavy atom. The first-order chi connectivity index (χ1) is 60.3. The van der Waals surface area contributed by atoms with Crippen LogP contribution < -0.4 is 0 Å². The number of esters is 4. The molecule has 18 heteroatoms. The zero-order valence-electron chi connectivity index (χ0n) is 80.7. The van der Waals surface area contributed by atoms with Crippen LogP contribution in [0.3, 0.4) is 0 Å². The van der Waals surface area contributed by atoms with Crippen LogP contribution in [0.15, 0.2) is 117 Å². The van der Waals surface area contributed by atoms with Gasteiger partial charge >= 0.3 is 23.9 Å². The van der Waals surface area contributed by atoms with Crippen molar-refractivity contribution in [2.75, 3.05) is 26.4 Å². The number of carbonyl (C=O) groups excluding carboxylic acids is 12. The maximum Gasteiger partial charge on any atom is 0.306 e. The standard InChI is InChI=1S/2C28H38O4.2C27H38O5/c2*1-6-7-8-25(31)32-17-24(30)28(5)18(2)15-23-21-10-9-19-16-20(29)11-13-26(19,3)22(21)12-14-27(23,28)4;2*1-5-6-7-24(30)32-16-23(29)27(31)17(2)14-22-20-9-8-18-15-19(28)10-12-25(18,3)21(20)11-13-26(22,27)4/h2*11-13,16,18,21,23H,6-10,14-15,17H2,1-5H3;2*11,15,17,20,22,31H,5-10,12-14,16H2,1-4H3/t18-,21?,23?,26+,27+,28-;18-,21?,23?,26-,27-,28+;17-,20?,22?,25+,26+,27+;17-,20?,22?,25-,26-,27-/m1010/s1. The molecule has 16 rings (SSSR count). The minimum Gasteiger partial charge on any atom is -0.458 e. The van der Waals surface area contributed by atoms with Gasteiger partial charge in [-0.1, -0.05) is 218 Å². The summed E-state index contributed by atoms with van der Waals surface area (Å²) in [4.78, 5) is 150. The third-order valence-electron chi connectivity index (χ3n) is 38.5. The molecule has 18 nitrogen and oxygen atoms in total. The summed E-state index contributed by atoms with van der Waals surface area (Å²) in [5, 5.41) is 23.7. The number of unbranched alkanes of at least 4 members (excludes halogenated alkanes) is 4. The molecule has 0 bridgehead atoms. The molecule has 8 saturated carbocycles. The molecule has 0 saturated heterocycles. The minimum atomic E-state index is -1.50. The van der Waals surface area contributed by atoms with Crippen molar-refractivity contribution in [1.29, 1.82) is 0 Å². The maximum atomic E-state index is 13.5. The number of Topliss-reactive ketones (excluding diaryl/α,β-unsaturated/α-hetero) is 4. The lowest BCUT2D eigenvalue weighted by Gasteiger charge is -2.54. The summed E-state index contributed by atoms with van der Waals surface area (Å²) in [5.74, 6) is 1.68. The zero-order chi connectivity index (χ0) is 93.2. The predicted molar refractivity (Wildman–Crippen MR) is 493 cm³/mol. The molecule has 0 aliphatic heterocycles. The molecule has 8 fully saturated rings. The highest BCUT2D eigenvalue weighted by Gasteiger charge is 2.72. The highest BCUT2D eigenvalue weighted by Crippen LogP contribution is 2.74. The molecule has 8 unspecified atom stereocenters. The fourth-order valence-corrected chi connectivity index (χ4v) is 29.6. The number of fused-ring (bicyclic) bond motifs is 20. The SMILES string of the molecule is CCCCC(=O)OCC(=O)[C@@]1(C)[C@@H](C)CC2C3CCC4=CC(=O)C=C[C@]4(C)C3=CC[C@@]21C.CCCCC(=O)OCC(=O)[C@@]1(C)[C@H](C)CC2C3CCC4=CC(=O)C=C[C@]4(C)C3=CC[C@@]21C.CCCCC(=O)OCC(=O)[C@@]1(O)[C@@H](C)CC2C3CCC4=CC(=O)CC[C@]4(C)C3=CC[C@@]21C.CCCCC(=O)OCC(=O)[C@@]1(O)[C@H](C)CC2C3CCC4=CC(=O)CC[C@]4(C)C3=CC[C@@]21C.